The zero-order valence-electron chi connectivity index (χ0n) is 29.9. The van der Waals surface area contributed by atoms with E-state index in [2.05, 4.69) is 66.4 Å². The van der Waals surface area contributed by atoms with Crippen LogP contribution in [-0.4, -0.2) is 22.5 Å². The zero-order valence-corrected chi connectivity index (χ0v) is 29.9. The Balaban J connectivity index is 1.52. The number of unbranched alkanes of at least 4 members (excludes halogenated alkanes) is 26. The number of nitrogens with zero attached hydrogens (tertiary/aromatic N) is 2. The minimum Gasteiger partial charge on any atom is -0.356 e. The van der Waals surface area contributed by atoms with Crippen molar-refractivity contribution < 1.29 is 0 Å². The van der Waals surface area contributed by atoms with Crippen LogP contribution >= 0.6 is 0 Å². The third kappa shape index (κ3) is 20.6. The van der Waals surface area contributed by atoms with E-state index in [1.807, 2.05) is 0 Å². The quantitative estimate of drug-likeness (QED) is 0.0751. The van der Waals surface area contributed by atoms with Gasteiger partial charge in [0.25, 0.3) is 0 Å². The summed E-state index contributed by atoms with van der Waals surface area (Å²) in [6, 6.07) is 11.1. The fourth-order valence-corrected chi connectivity index (χ4v) is 7.08. The summed E-state index contributed by atoms with van der Waals surface area (Å²) in [5.74, 6) is 0. The average Bonchev–Trinajstić information content (AvgIpc) is 3.42. The Bertz CT molecular complexity index is 743. The van der Waals surface area contributed by atoms with Crippen molar-refractivity contribution in [1.82, 2.24) is 9.80 Å². The molecule has 0 fully saturated rings. The molecule has 2 rings (SSSR count). The van der Waals surface area contributed by atoms with Gasteiger partial charge in [-0.25, -0.2) is 0 Å². The first-order valence-electron chi connectivity index (χ1n) is 20.1. The van der Waals surface area contributed by atoms with Crippen molar-refractivity contribution in [3.8, 4) is 0 Å². The van der Waals surface area contributed by atoms with Crippen LogP contribution in [0.4, 0.5) is 0 Å². The van der Waals surface area contributed by atoms with E-state index in [0.29, 0.717) is 6.17 Å². The molecule has 2 nitrogen and oxygen atoms in total. The fourth-order valence-electron chi connectivity index (χ4n) is 7.08. The van der Waals surface area contributed by atoms with E-state index < -0.39 is 0 Å². The van der Waals surface area contributed by atoms with E-state index in [0.717, 1.165) is 6.54 Å². The lowest BCUT2D eigenvalue weighted by Crippen LogP contribution is -2.38. The molecule has 0 saturated heterocycles. The molecule has 254 valence electrons. The van der Waals surface area contributed by atoms with Crippen molar-refractivity contribution in [3.63, 3.8) is 0 Å². The van der Waals surface area contributed by atoms with Gasteiger partial charge in [-0.3, -0.25) is 0 Å². The molecular weight excluding hydrogens is 532 g/mol. The van der Waals surface area contributed by atoms with Crippen LogP contribution < -0.4 is 0 Å². The van der Waals surface area contributed by atoms with Crippen molar-refractivity contribution in [2.75, 3.05) is 6.54 Å². The Labute approximate surface area is 276 Å². The molecule has 1 aliphatic heterocycles. The zero-order chi connectivity index (χ0) is 31.2. The predicted molar refractivity (Wildman–Crippen MR) is 197 cm³/mol. The van der Waals surface area contributed by atoms with Crippen LogP contribution in [0.15, 0.2) is 42.7 Å². The molecule has 0 spiro atoms. The number of benzene rings is 1. The molecule has 1 atom stereocenters. The molecule has 0 aliphatic carbocycles. The smallest absolute Gasteiger partial charge is 0.101 e. The second-order valence-electron chi connectivity index (χ2n) is 14.2. The molecule has 1 aromatic rings. The van der Waals surface area contributed by atoms with Gasteiger partial charge in [-0.05, 0) is 24.8 Å². The molecule has 0 radical (unpaired) electrons. The van der Waals surface area contributed by atoms with Gasteiger partial charge in [0.05, 0.1) is 0 Å². The second-order valence-corrected chi connectivity index (χ2v) is 14.2. The molecule has 0 amide bonds. The lowest BCUT2D eigenvalue weighted by atomic mass is 10.0. The normalized spacial score (nSPS) is 14.7. The summed E-state index contributed by atoms with van der Waals surface area (Å²) >= 11 is 0. The van der Waals surface area contributed by atoms with Crippen LogP contribution in [0.2, 0.25) is 0 Å². The highest BCUT2D eigenvalue weighted by Crippen LogP contribution is 2.25. The maximum absolute atomic E-state index is 2.67. The standard InChI is InChI=1S/C42H76N2/c1-3-5-7-9-11-13-15-16-17-18-19-20-21-23-25-27-32-36-42-43(38-39-44(42)40-41-34-30-29-31-35-41)37-33-28-26-24-22-14-12-10-8-6-4-2/h29-31,34-35,38-39,42H,3-28,32-33,36-37,40H2,1-2H3. The van der Waals surface area contributed by atoms with Crippen LogP contribution in [0, 0.1) is 0 Å². The summed E-state index contributed by atoms with van der Waals surface area (Å²) in [4.78, 5) is 5.28. The molecule has 1 aromatic carbocycles. The topological polar surface area (TPSA) is 6.48 Å². The molecule has 1 unspecified atom stereocenters. The van der Waals surface area contributed by atoms with E-state index in [1.54, 1.807) is 0 Å². The molecule has 0 saturated carbocycles. The lowest BCUT2D eigenvalue weighted by Gasteiger charge is -2.33. The number of hydrogen-bond donors (Lipinski definition) is 0. The van der Waals surface area contributed by atoms with Crippen LogP contribution in [-0.2, 0) is 6.54 Å². The lowest BCUT2D eigenvalue weighted by molar-refractivity contribution is 0.132. The molecule has 2 heteroatoms. The Morgan fingerprint density at radius 2 is 0.773 bits per heavy atom. The second kappa shape index (κ2) is 29.0. The first kappa shape index (κ1) is 38.7. The molecule has 0 bridgehead atoms. The highest BCUT2D eigenvalue weighted by Gasteiger charge is 2.25. The predicted octanol–water partition coefficient (Wildman–Crippen LogP) is 14.0. The Morgan fingerprint density at radius 1 is 0.409 bits per heavy atom. The fraction of sp³-hybridized carbons (Fsp3) is 0.810. The first-order valence-corrected chi connectivity index (χ1v) is 20.1. The molecule has 0 aromatic heterocycles. The average molecular weight is 609 g/mol. The van der Waals surface area contributed by atoms with E-state index >= 15 is 0 Å². The maximum Gasteiger partial charge on any atom is 0.101 e. The van der Waals surface area contributed by atoms with Crippen LogP contribution in [0.25, 0.3) is 0 Å². The molecule has 0 N–H and O–H groups in total. The van der Waals surface area contributed by atoms with Crippen LogP contribution in [0.1, 0.15) is 206 Å². The maximum atomic E-state index is 2.67. The van der Waals surface area contributed by atoms with E-state index in [1.165, 1.54) is 198 Å². The van der Waals surface area contributed by atoms with Gasteiger partial charge in [-0.2, -0.15) is 0 Å². The summed E-state index contributed by atoms with van der Waals surface area (Å²) in [5, 5.41) is 0. The van der Waals surface area contributed by atoms with Gasteiger partial charge in [0.1, 0.15) is 6.17 Å². The van der Waals surface area contributed by atoms with Crippen molar-refractivity contribution in [2.45, 2.75) is 213 Å². The third-order valence-corrected chi connectivity index (χ3v) is 10.0. The summed E-state index contributed by atoms with van der Waals surface area (Å²) < 4.78 is 0. The summed E-state index contributed by atoms with van der Waals surface area (Å²) in [5.41, 5.74) is 1.43. The van der Waals surface area contributed by atoms with Gasteiger partial charge in [0.15, 0.2) is 0 Å². The Morgan fingerprint density at radius 3 is 1.20 bits per heavy atom. The molecule has 1 aliphatic rings. The summed E-state index contributed by atoms with van der Waals surface area (Å²) in [6.45, 7) is 6.88. The monoisotopic (exact) mass is 609 g/mol. The largest absolute Gasteiger partial charge is 0.356 e. The summed E-state index contributed by atoms with van der Waals surface area (Å²) in [6.07, 6.45) is 46.8. The van der Waals surface area contributed by atoms with Crippen molar-refractivity contribution in [3.05, 3.63) is 48.3 Å². The minimum absolute atomic E-state index is 0.551. The van der Waals surface area contributed by atoms with E-state index in [4.69, 9.17) is 0 Å². The van der Waals surface area contributed by atoms with Gasteiger partial charge in [0.2, 0.25) is 0 Å². The molecule has 44 heavy (non-hydrogen) atoms. The SMILES string of the molecule is CCCCCCCCCCCCCCCCCCCC1N(CCCCCCCCCCCCC)C=CN1Cc1ccccc1. The first-order chi connectivity index (χ1) is 21.8. The Hall–Kier alpha value is -1.44. The van der Waals surface area contributed by atoms with Crippen molar-refractivity contribution in [2.24, 2.45) is 0 Å². The van der Waals surface area contributed by atoms with Gasteiger partial charge in [0, 0.05) is 25.5 Å². The highest BCUT2D eigenvalue weighted by molar-refractivity contribution is 5.16. The number of rotatable bonds is 32. The van der Waals surface area contributed by atoms with Crippen molar-refractivity contribution in [1.29, 1.82) is 0 Å². The minimum atomic E-state index is 0.551. The van der Waals surface area contributed by atoms with Crippen molar-refractivity contribution >= 4 is 0 Å². The summed E-state index contributed by atoms with van der Waals surface area (Å²) in [7, 11) is 0. The van der Waals surface area contributed by atoms with Gasteiger partial charge in [-0.15, -0.1) is 0 Å². The van der Waals surface area contributed by atoms with E-state index in [-0.39, 0.29) is 0 Å². The van der Waals surface area contributed by atoms with Gasteiger partial charge in [-0.1, -0.05) is 211 Å². The number of hydrogen-bond acceptors (Lipinski definition) is 2. The van der Waals surface area contributed by atoms with Gasteiger partial charge < -0.3 is 9.80 Å². The highest BCUT2D eigenvalue weighted by atomic mass is 15.4. The van der Waals surface area contributed by atoms with Crippen LogP contribution in [0.3, 0.4) is 0 Å². The van der Waals surface area contributed by atoms with E-state index in [9.17, 15) is 0 Å². The third-order valence-electron chi connectivity index (χ3n) is 10.0. The Kier molecular flexibility index (Phi) is 25.5. The molecule has 1 heterocycles. The van der Waals surface area contributed by atoms with Crippen LogP contribution in [0.5, 0.6) is 0 Å². The molecular formula is C42H76N2. The van der Waals surface area contributed by atoms with Gasteiger partial charge >= 0.3 is 0 Å².